The van der Waals surface area contributed by atoms with Gasteiger partial charge in [0.2, 0.25) is 0 Å². The van der Waals surface area contributed by atoms with E-state index in [4.69, 9.17) is 0 Å². The fourth-order valence-electron chi connectivity index (χ4n) is 2.59. The molecule has 0 saturated carbocycles. The number of nitrogens with one attached hydrogen (secondary N) is 1. The van der Waals surface area contributed by atoms with Crippen molar-refractivity contribution < 1.29 is 0 Å². The first-order valence-corrected chi connectivity index (χ1v) is 7.05. The van der Waals surface area contributed by atoms with Crippen LogP contribution in [0.15, 0.2) is 48.9 Å². The fourth-order valence-corrected chi connectivity index (χ4v) is 2.59. The highest BCUT2D eigenvalue weighted by Crippen LogP contribution is 2.19. The van der Waals surface area contributed by atoms with Crippen LogP contribution in [0.3, 0.4) is 0 Å². The van der Waals surface area contributed by atoms with Crippen molar-refractivity contribution in [1.82, 2.24) is 19.7 Å². The van der Waals surface area contributed by atoms with E-state index in [1.54, 1.807) is 0 Å². The molecule has 1 aromatic carbocycles. The van der Waals surface area contributed by atoms with Crippen LogP contribution in [-0.4, -0.2) is 20.9 Å². The number of fused-ring (bicyclic) bond motifs is 1. The van der Waals surface area contributed by atoms with Crippen LogP contribution in [0.2, 0.25) is 0 Å². The number of aromatic nitrogens is 3. The third kappa shape index (κ3) is 2.75. The van der Waals surface area contributed by atoms with Gasteiger partial charge in [-0.3, -0.25) is 4.68 Å². The van der Waals surface area contributed by atoms with Crippen LogP contribution in [0, 0.1) is 0 Å². The average Bonchev–Trinajstić information content (AvgIpc) is 3.08. The standard InChI is InChI=1S/C16H20N4/c1-19-13-14(15-6-2-3-7-16(15)19)12-17-8-4-10-20-11-5-9-18-20/h2-3,5-7,9,11,13,17H,4,8,10,12H2,1H3. The van der Waals surface area contributed by atoms with Crippen LogP contribution in [0.25, 0.3) is 10.9 Å². The van der Waals surface area contributed by atoms with E-state index in [0.29, 0.717) is 0 Å². The Bertz CT molecular complexity index is 667. The molecule has 0 unspecified atom stereocenters. The molecule has 0 atom stereocenters. The quantitative estimate of drug-likeness (QED) is 0.697. The summed E-state index contributed by atoms with van der Waals surface area (Å²) in [6.45, 7) is 2.89. The van der Waals surface area contributed by atoms with Crippen molar-refractivity contribution in [3.63, 3.8) is 0 Å². The first-order valence-electron chi connectivity index (χ1n) is 7.05. The third-order valence-corrected chi connectivity index (χ3v) is 3.59. The van der Waals surface area contributed by atoms with E-state index < -0.39 is 0 Å². The van der Waals surface area contributed by atoms with Crippen molar-refractivity contribution >= 4 is 10.9 Å². The summed E-state index contributed by atoms with van der Waals surface area (Å²) >= 11 is 0. The molecule has 0 saturated heterocycles. The summed E-state index contributed by atoms with van der Waals surface area (Å²) in [4.78, 5) is 0. The van der Waals surface area contributed by atoms with Crippen LogP contribution < -0.4 is 5.32 Å². The monoisotopic (exact) mass is 268 g/mol. The highest BCUT2D eigenvalue weighted by Gasteiger charge is 2.04. The second-order valence-electron chi connectivity index (χ2n) is 5.08. The molecular weight excluding hydrogens is 248 g/mol. The number of rotatable bonds is 6. The zero-order valence-electron chi connectivity index (χ0n) is 11.8. The topological polar surface area (TPSA) is 34.8 Å². The first-order chi connectivity index (χ1) is 9.84. The van der Waals surface area contributed by atoms with Gasteiger partial charge in [-0.15, -0.1) is 0 Å². The Balaban J connectivity index is 1.52. The number of nitrogens with zero attached hydrogens (tertiary/aromatic N) is 3. The molecule has 2 aromatic heterocycles. The van der Waals surface area contributed by atoms with Crippen LogP contribution in [-0.2, 0) is 20.1 Å². The average molecular weight is 268 g/mol. The molecule has 3 rings (SSSR count). The van der Waals surface area contributed by atoms with Gasteiger partial charge in [-0.1, -0.05) is 18.2 Å². The molecule has 0 fully saturated rings. The number of aryl methyl sites for hydroxylation is 2. The smallest absolute Gasteiger partial charge is 0.0489 e. The lowest BCUT2D eigenvalue weighted by Gasteiger charge is -2.04. The van der Waals surface area contributed by atoms with Gasteiger partial charge in [0.1, 0.15) is 0 Å². The number of benzene rings is 1. The Morgan fingerprint density at radius 3 is 2.95 bits per heavy atom. The lowest BCUT2D eigenvalue weighted by atomic mass is 10.2. The van der Waals surface area contributed by atoms with Crippen molar-refractivity contribution in [3.05, 3.63) is 54.5 Å². The van der Waals surface area contributed by atoms with Crippen LogP contribution in [0.5, 0.6) is 0 Å². The van der Waals surface area contributed by atoms with Crippen molar-refractivity contribution in [3.8, 4) is 0 Å². The summed E-state index contributed by atoms with van der Waals surface area (Å²) in [7, 11) is 2.10. The minimum absolute atomic E-state index is 0.917. The lowest BCUT2D eigenvalue weighted by Crippen LogP contribution is -2.16. The van der Waals surface area contributed by atoms with Gasteiger partial charge in [0.25, 0.3) is 0 Å². The lowest BCUT2D eigenvalue weighted by molar-refractivity contribution is 0.543. The van der Waals surface area contributed by atoms with E-state index in [-0.39, 0.29) is 0 Å². The van der Waals surface area contributed by atoms with Crippen molar-refractivity contribution in [2.45, 2.75) is 19.5 Å². The molecule has 0 radical (unpaired) electrons. The zero-order chi connectivity index (χ0) is 13.8. The number of hydrogen-bond donors (Lipinski definition) is 1. The highest BCUT2D eigenvalue weighted by atomic mass is 15.3. The molecule has 3 aromatic rings. The number of hydrogen-bond acceptors (Lipinski definition) is 2. The molecule has 1 N–H and O–H groups in total. The van der Waals surface area contributed by atoms with Gasteiger partial charge >= 0.3 is 0 Å². The van der Waals surface area contributed by atoms with Gasteiger partial charge in [-0.05, 0) is 30.7 Å². The largest absolute Gasteiger partial charge is 0.350 e. The van der Waals surface area contributed by atoms with Gasteiger partial charge < -0.3 is 9.88 Å². The normalized spacial score (nSPS) is 11.2. The summed E-state index contributed by atoms with van der Waals surface area (Å²) in [6.07, 6.45) is 7.13. The fraction of sp³-hybridized carbons (Fsp3) is 0.312. The predicted octanol–water partition coefficient (Wildman–Crippen LogP) is 2.55. The van der Waals surface area contributed by atoms with E-state index in [9.17, 15) is 0 Å². The Kier molecular flexibility index (Phi) is 3.83. The van der Waals surface area contributed by atoms with Crippen molar-refractivity contribution in [1.29, 1.82) is 0 Å². The second kappa shape index (κ2) is 5.92. The maximum atomic E-state index is 4.20. The van der Waals surface area contributed by atoms with Crippen LogP contribution in [0.1, 0.15) is 12.0 Å². The zero-order valence-corrected chi connectivity index (χ0v) is 11.8. The van der Waals surface area contributed by atoms with Gasteiger partial charge in [0, 0.05) is 49.6 Å². The SMILES string of the molecule is Cn1cc(CNCCCn2cccn2)c2ccccc21. The Hall–Kier alpha value is -2.07. The van der Waals surface area contributed by atoms with Gasteiger partial charge in [0.05, 0.1) is 0 Å². The summed E-state index contributed by atoms with van der Waals surface area (Å²) in [5, 5.41) is 9.06. The first kappa shape index (κ1) is 12.9. The summed E-state index contributed by atoms with van der Waals surface area (Å²) in [6, 6.07) is 10.5. The molecule has 20 heavy (non-hydrogen) atoms. The summed E-state index contributed by atoms with van der Waals surface area (Å²) < 4.78 is 4.16. The molecule has 0 aliphatic rings. The summed E-state index contributed by atoms with van der Waals surface area (Å²) in [5.41, 5.74) is 2.66. The van der Waals surface area contributed by atoms with Crippen molar-refractivity contribution in [2.24, 2.45) is 7.05 Å². The van der Waals surface area contributed by atoms with Gasteiger partial charge in [0.15, 0.2) is 0 Å². The molecule has 2 heterocycles. The molecular formula is C16H20N4. The number of para-hydroxylation sites is 1. The molecule has 0 amide bonds. The van der Waals surface area contributed by atoms with E-state index in [0.717, 1.165) is 26.1 Å². The van der Waals surface area contributed by atoms with Crippen molar-refractivity contribution in [2.75, 3.05) is 6.54 Å². The maximum Gasteiger partial charge on any atom is 0.0489 e. The maximum absolute atomic E-state index is 4.20. The molecule has 0 bridgehead atoms. The Morgan fingerprint density at radius 1 is 1.20 bits per heavy atom. The van der Waals surface area contributed by atoms with E-state index in [1.807, 2.05) is 23.1 Å². The molecule has 0 aliphatic heterocycles. The second-order valence-corrected chi connectivity index (χ2v) is 5.08. The minimum Gasteiger partial charge on any atom is -0.350 e. The molecule has 4 heteroatoms. The van der Waals surface area contributed by atoms with E-state index in [2.05, 4.69) is 52.5 Å². The Labute approximate surface area is 119 Å². The van der Waals surface area contributed by atoms with Crippen LogP contribution in [0.4, 0.5) is 0 Å². The highest BCUT2D eigenvalue weighted by molar-refractivity contribution is 5.83. The van der Waals surface area contributed by atoms with Crippen LogP contribution >= 0.6 is 0 Å². The predicted molar refractivity (Wildman–Crippen MR) is 81.5 cm³/mol. The molecule has 0 spiro atoms. The Morgan fingerprint density at radius 2 is 2.10 bits per heavy atom. The minimum atomic E-state index is 0.917. The van der Waals surface area contributed by atoms with Gasteiger partial charge in [-0.2, -0.15) is 5.10 Å². The van der Waals surface area contributed by atoms with E-state index in [1.165, 1.54) is 16.5 Å². The molecule has 0 aliphatic carbocycles. The summed E-state index contributed by atoms with van der Waals surface area (Å²) in [5.74, 6) is 0. The van der Waals surface area contributed by atoms with Gasteiger partial charge in [-0.25, -0.2) is 0 Å². The molecule has 104 valence electrons. The third-order valence-electron chi connectivity index (χ3n) is 3.59. The van der Waals surface area contributed by atoms with E-state index >= 15 is 0 Å². The molecule has 4 nitrogen and oxygen atoms in total.